The number of nitrogens with one attached hydrogen (secondary N) is 2. The highest BCUT2D eigenvalue weighted by atomic mass is 35.5. The van der Waals surface area contributed by atoms with Crippen molar-refractivity contribution in [1.29, 1.82) is 0 Å². The first-order valence-corrected chi connectivity index (χ1v) is 19.1. The summed E-state index contributed by atoms with van der Waals surface area (Å²) in [7, 11) is -4.02. The van der Waals surface area contributed by atoms with Crippen LogP contribution in [0.1, 0.15) is 85.0 Å². The Labute approximate surface area is 302 Å². The zero-order valence-electron chi connectivity index (χ0n) is 29.6. The average Bonchev–Trinajstić information content (AvgIpc) is 3.05. The highest BCUT2D eigenvalue weighted by molar-refractivity contribution is 7.85. The van der Waals surface area contributed by atoms with E-state index in [0.717, 1.165) is 44.4 Å². The Kier molecular flexibility index (Phi) is 13.4. The normalized spacial score (nSPS) is 16.1. The Bertz CT molecular complexity index is 1840. The zero-order chi connectivity index (χ0) is 36.5. The summed E-state index contributed by atoms with van der Waals surface area (Å²) in [5.74, 6) is 0.655. The summed E-state index contributed by atoms with van der Waals surface area (Å²) in [5, 5.41) is 6.17. The van der Waals surface area contributed by atoms with Crippen LogP contribution in [0.5, 0.6) is 0 Å². The van der Waals surface area contributed by atoms with Gasteiger partial charge >= 0.3 is 0 Å². The van der Waals surface area contributed by atoms with Crippen molar-refractivity contribution in [2.45, 2.75) is 72.6 Å². The monoisotopic (exact) mass is 716 g/mol. The van der Waals surface area contributed by atoms with Crippen LogP contribution in [0.2, 0.25) is 5.02 Å². The molecule has 0 unspecified atom stereocenters. The number of benzene rings is 4. The van der Waals surface area contributed by atoms with Crippen LogP contribution in [0.25, 0.3) is 11.1 Å². The molecular formula is C41H49ClN2O5S. The largest absolute Gasteiger partial charge is 0.351 e. The van der Waals surface area contributed by atoms with E-state index >= 15 is 0 Å². The quantitative estimate of drug-likeness (QED) is 0.149. The third-order valence-corrected chi connectivity index (χ3v) is 10.4. The molecule has 1 saturated carbocycles. The fourth-order valence-corrected chi connectivity index (χ4v) is 6.96. The van der Waals surface area contributed by atoms with Crippen molar-refractivity contribution in [3.8, 4) is 11.1 Å². The predicted molar refractivity (Wildman–Crippen MR) is 204 cm³/mol. The third-order valence-electron chi connectivity index (χ3n) is 9.40. The topological polar surface area (TPSA) is 113 Å². The molecule has 2 amide bonds. The summed E-state index contributed by atoms with van der Waals surface area (Å²) < 4.78 is 29.3. The number of amides is 2. The number of halogens is 1. The highest BCUT2D eigenvalue weighted by Crippen LogP contribution is 2.43. The number of carbonyl (C=O) groups excluding carboxylic acids is 2. The van der Waals surface area contributed by atoms with Gasteiger partial charge in [0, 0.05) is 22.8 Å². The van der Waals surface area contributed by atoms with Gasteiger partial charge in [-0.2, -0.15) is 8.42 Å². The van der Waals surface area contributed by atoms with Gasteiger partial charge in [0.05, 0.1) is 12.2 Å². The summed E-state index contributed by atoms with van der Waals surface area (Å²) in [5.41, 5.74) is 8.59. The minimum absolute atomic E-state index is 0.00820. The fourth-order valence-electron chi connectivity index (χ4n) is 6.38. The van der Waals surface area contributed by atoms with E-state index < -0.39 is 15.9 Å². The van der Waals surface area contributed by atoms with Crippen LogP contribution in [-0.2, 0) is 21.3 Å². The molecule has 7 nitrogen and oxygen atoms in total. The molecular weight excluding hydrogens is 668 g/mol. The molecule has 0 radical (unpaired) electrons. The molecule has 0 heterocycles. The van der Waals surface area contributed by atoms with Crippen LogP contribution < -0.4 is 10.6 Å². The first-order chi connectivity index (χ1) is 23.6. The van der Waals surface area contributed by atoms with Crippen molar-refractivity contribution in [2.75, 3.05) is 17.6 Å². The fraction of sp³-hybridized carbons (Fsp3) is 0.366. The van der Waals surface area contributed by atoms with Crippen molar-refractivity contribution in [2.24, 2.45) is 11.3 Å². The molecule has 50 heavy (non-hydrogen) atoms. The van der Waals surface area contributed by atoms with Crippen LogP contribution in [0, 0.1) is 25.2 Å². The molecule has 4 aromatic carbocycles. The Morgan fingerprint density at radius 1 is 0.840 bits per heavy atom. The van der Waals surface area contributed by atoms with Crippen LogP contribution in [0.3, 0.4) is 0 Å². The molecule has 0 aromatic heterocycles. The maximum Gasteiger partial charge on any atom is 0.266 e. The van der Waals surface area contributed by atoms with Crippen LogP contribution >= 0.6 is 11.6 Å². The van der Waals surface area contributed by atoms with Gasteiger partial charge in [0.2, 0.25) is 5.91 Å². The number of rotatable bonds is 9. The summed E-state index contributed by atoms with van der Waals surface area (Å²) >= 11 is 6.07. The molecule has 1 aliphatic carbocycles. The molecule has 0 aliphatic heterocycles. The molecule has 3 N–H and O–H groups in total. The number of hydrogen-bond donors (Lipinski definition) is 3. The SMILES string of the molecule is Cc1cc(Cl)ccc1-c1ccc(NC(=O)Cc2ccc(C3CCC(C(C)(C)C)CC3)cc2)cc1.Cc1ccc(C(=O)NCCS(=O)(=O)O)cc1. The van der Waals surface area contributed by atoms with Crippen molar-refractivity contribution >= 4 is 39.2 Å². The number of hydrogen-bond acceptors (Lipinski definition) is 4. The Hall–Kier alpha value is -3.98. The molecule has 1 aliphatic rings. The maximum atomic E-state index is 12.6. The second-order valence-corrected chi connectivity index (χ2v) is 16.3. The van der Waals surface area contributed by atoms with E-state index in [1.165, 1.54) is 31.2 Å². The lowest BCUT2D eigenvalue weighted by atomic mass is 9.68. The number of anilines is 1. The molecule has 5 rings (SSSR count). The van der Waals surface area contributed by atoms with Crippen molar-refractivity contribution in [3.05, 3.63) is 124 Å². The van der Waals surface area contributed by atoms with E-state index in [4.69, 9.17) is 16.2 Å². The van der Waals surface area contributed by atoms with E-state index in [9.17, 15) is 18.0 Å². The van der Waals surface area contributed by atoms with Gasteiger partial charge in [-0.05, 0) is 121 Å². The Morgan fingerprint density at radius 2 is 1.46 bits per heavy atom. The van der Waals surface area contributed by atoms with Crippen LogP contribution in [-0.4, -0.2) is 37.1 Å². The van der Waals surface area contributed by atoms with Gasteiger partial charge in [-0.25, -0.2) is 0 Å². The van der Waals surface area contributed by atoms with Gasteiger partial charge in [0.1, 0.15) is 0 Å². The van der Waals surface area contributed by atoms with Gasteiger partial charge in [-0.1, -0.05) is 92.5 Å². The molecule has 4 aromatic rings. The van der Waals surface area contributed by atoms with Gasteiger partial charge < -0.3 is 10.6 Å². The molecule has 0 atom stereocenters. The lowest BCUT2D eigenvalue weighted by Gasteiger charge is -2.37. The number of aryl methyl sites for hydroxylation is 2. The first kappa shape index (κ1) is 38.8. The standard InChI is InChI=1S/C31H36ClNO.C10H13NO4S/c1-21-19-27(32)15-18-29(21)25-11-16-28(17-12-25)33-30(34)20-22-5-7-23(8-6-22)24-9-13-26(14-10-24)31(2,3)4;1-8-2-4-9(5-3-8)10(12)11-6-7-16(13,14)15/h5-8,11-12,15-19,24,26H,9-10,13-14,20H2,1-4H3,(H,33,34);2-5H,6-7H2,1H3,(H,11,12)(H,13,14,15). The van der Waals surface area contributed by atoms with Gasteiger partial charge in [0.25, 0.3) is 16.0 Å². The molecule has 0 saturated heterocycles. The molecule has 9 heteroatoms. The van der Waals surface area contributed by atoms with Crippen LogP contribution in [0.15, 0.2) is 91.0 Å². The van der Waals surface area contributed by atoms with Crippen molar-refractivity contribution < 1.29 is 22.6 Å². The van der Waals surface area contributed by atoms with Crippen molar-refractivity contribution in [3.63, 3.8) is 0 Å². The lowest BCUT2D eigenvalue weighted by Crippen LogP contribution is -2.28. The minimum Gasteiger partial charge on any atom is -0.351 e. The van der Waals surface area contributed by atoms with E-state index in [1.807, 2.05) is 49.4 Å². The molecule has 0 bridgehead atoms. The second-order valence-electron chi connectivity index (χ2n) is 14.3. The Morgan fingerprint density at radius 3 is 2.02 bits per heavy atom. The molecule has 266 valence electrons. The highest BCUT2D eigenvalue weighted by Gasteiger charge is 2.30. The van der Waals surface area contributed by atoms with Crippen molar-refractivity contribution in [1.82, 2.24) is 5.32 Å². The zero-order valence-corrected chi connectivity index (χ0v) is 31.2. The van der Waals surface area contributed by atoms with Gasteiger partial charge in [-0.3, -0.25) is 14.1 Å². The molecule has 0 spiro atoms. The first-order valence-electron chi connectivity index (χ1n) is 17.1. The van der Waals surface area contributed by atoms with E-state index in [2.05, 4.69) is 62.6 Å². The predicted octanol–water partition coefficient (Wildman–Crippen LogP) is 9.43. The summed E-state index contributed by atoms with van der Waals surface area (Å²) in [6.07, 6.45) is 5.55. The average molecular weight is 717 g/mol. The smallest absolute Gasteiger partial charge is 0.266 e. The van der Waals surface area contributed by atoms with Gasteiger partial charge in [0.15, 0.2) is 0 Å². The molecule has 1 fully saturated rings. The summed E-state index contributed by atoms with van der Waals surface area (Å²) in [6.45, 7) is 11.0. The maximum absolute atomic E-state index is 12.6. The van der Waals surface area contributed by atoms with E-state index in [1.54, 1.807) is 24.3 Å². The lowest BCUT2D eigenvalue weighted by molar-refractivity contribution is -0.115. The van der Waals surface area contributed by atoms with Gasteiger partial charge in [-0.15, -0.1) is 0 Å². The number of carbonyl (C=O) groups is 2. The summed E-state index contributed by atoms with van der Waals surface area (Å²) in [6, 6.07) is 29.5. The summed E-state index contributed by atoms with van der Waals surface area (Å²) in [4.78, 5) is 24.1. The third kappa shape index (κ3) is 12.1. The second kappa shape index (κ2) is 17.3. The minimum atomic E-state index is -4.02. The van der Waals surface area contributed by atoms with Crippen LogP contribution in [0.4, 0.5) is 5.69 Å². The van der Waals surface area contributed by atoms with E-state index in [0.29, 0.717) is 23.3 Å². The van der Waals surface area contributed by atoms with E-state index in [-0.39, 0.29) is 18.4 Å². The Balaban J connectivity index is 0.000000295.